The minimum atomic E-state index is -0.284. The number of ether oxygens (including phenoxy) is 1. The van der Waals surface area contributed by atoms with Crippen molar-refractivity contribution in [3.05, 3.63) is 32.8 Å². The van der Waals surface area contributed by atoms with Crippen LogP contribution in [0.4, 0.5) is 0 Å². The van der Waals surface area contributed by atoms with Crippen LogP contribution in [0.25, 0.3) is 15.9 Å². The SMILES string of the molecule is Cc1nn2cnc3sc4c(c3c2nc1=O)CC(C)(C)OC4. The third kappa shape index (κ3) is 1.88. The van der Waals surface area contributed by atoms with E-state index in [9.17, 15) is 4.79 Å². The summed E-state index contributed by atoms with van der Waals surface area (Å²) >= 11 is 1.61. The molecule has 0 aromatic carbocycles. The Hall–Kier alpha value is -1.86. The molecule has 3 aromatic heterocycles. The van der Waals surface area contributed by atoms with Gasteiger partial charge in [0.15, 0.2) is 5.65 Å². The maximum atomic E-state index is 11.9. The topological polar surface area (TPSA) is 69.4 Å². The molecule has 0 saturated carbocycles. The van der Waals surface area contributed by atoms with E-state index in [-0.39, 0.29) is 11.2 Å². The summed E-state index contributed by atoms with van der Waals surface area (Å²) in [6.45, 7) is 6.38. The number of hydrogen-bond donors (Lipinski definition) is 0. The summed E-state index contributed by atoms with van der Waals surface area (Å²) in [6.07, 6.45) is 2.40. The Morgan fingerprint density at radius 1 is 1.43 bits per heavy atom. The Bertz CT molecular complexity index is 941. The largest absolute Gasteiger partial charge is 0.370 e. The van der Waals surface area contributed by atoms with Gasteiger partial charge in [-0.05, 0) is 26.3 Å². The average molecular weight is 302 g/mol. The van der Waals surface area contributed by atoms with Crippen LogP contribution in [0.15, 0.2) is 11.1 Å². The summed E-state index contributed by atoms with van der Waals surface area (Å²) in [4.78, 5) is 22.6. The van der Waals surface area contributed by atoms with E-state index >= 15 is 0 Å². The Morgan fingerprint density at radius 3 is 3.05 bits per heavy atom. The molecule has 1 aliphatic heterocycles. The first kappa shape index (κ1) is 12.8. The van der Waals surface area contributed by atoms with Crippen LogP contribution in [-0.2, 0) is 17.8 Å². The van der Waals surface area contributed by atoms with Crippen LogP contribution in [0.3, 0.4) is 0 Å². The molecule has 0 N–H and O–H groups in total. The van der Waals surface area contributed by atoms with Crippen molar-refractivity contribution in [1.29, 1.82) is 0 Å². The molecule has 0 amide bonds. The van der Waals surface area contributed by atoms with E-state index in [4.69, 9.17) is 4.74 Å². The number of aromatic nitrogens is 4. The van der Waals surface area contributed by atoms with Gasteiger partial charge in [-0.3, -0.25) is 4.79 Å². The van der Waals surface area contributed by atoms with E-state index in [0.29, 0.717) is 17.9 Å². The first-order chi connectivity index (χ1) is 9.94. The lowest BCUT2D eigenvalue weighted by Gasteiger charge is -2.30. The number of aryl methyl sites for hydroxylation is 1. The molecule has 21 heavy (non-hydrogen) atoms. The summed E-state index contributed by atoms with van der Waals surface area (Å²) in [6, 6.07) is 0. The number of rotatable bonds is 0. The smallest absolute Gasteiger partial charge is 0.294 e. The highest BCUT2D eigenvalue weighted by Gasteiger charge is 2.30. The molecule has 0 spiro atoms. The summed E-state index contributed by atoms with van der Waals surface area (Å²) < 4.78 is 7.45. The van der Waals surface area contributed by atoms with Gasteiger partial charge in [0, 0.05) is 11.3 Å². The second-order valence-electron chi connectivity index (χ2n) is 5.92. The lowest BCUT2D eigenvalue weighted by Crippen LogP contribution is -2.31. The van der Waals surface area contributed by atoms with Crippen molar-refractivity contribution in [1.82, 2.24) is 19.6 Å². The van der Waals surface area contributed by atoms with Crippen molar-refractivity contribution < 1.29 is 4.74 Å². The molecular weight excluding hydrogens is 288 g/mol. The molecule has 108 valence electrons. The molecule has 0 radical (unpaired) electrons. The minimum Gasteiger partial charge on any atom is -0.370 e. The summed E-state index contributed by atoms with van der Waals surface area (Å²) in [5, 5.41) is 5.19. The second kappa shape index (κ2) is 4.08. The zero-order valence-electron chi connectivity index (χ0n) is 12.0. The van der Waals surface area contributed by atoms with Crippen LogP contribution in [0.2, 0.25) is 0 Å². The van der Waals surface area contributed by atoms with Gasteiger partial charge in [0.25, 0.3) is 5.56 Å². The van der Waals surface area contributed by atoms with Crippen LogP contribution in [-0.4, -0.2) is 25.2 Å². The predicted molar refractivity (Wildman–Crippen MR) is 79.7 cm³/mol. The van der Waals surface area contributed by atoms with Gasteiger partial charge in [0.05, 0.1) is 17.6 Å². The Labute approximate surface area is 124 Å². The third-order valence-electron chi connectivity index (χ3n) is 3.77. The fourth-order valence-corrected chi connectivity index (χ4v) is 3.76. The van der Waals surface area contributed by atoms with Gasteiger partial charge in [-0.1, -0.05) is 0 Å². The molecule has 4 heterocycles. The van der Waals surface area contributed by atoms with Crippen molar-refractivity contribution in [2.24, 2.45) is 0 Å². The quantitative estimate of drug-likeness (QED) is 0.634. The van der Waals surface area contributed by atoms with Gasteiger partial charge in [-0.2, -0.15) is 10.1 Å². The molecule has 1 aliphatic rings. The Kier molecular flexibility index (Phi) is 2.50. The van der Waals surface area contributed by atoms with Crippen LogP contribution < -0.4 is 5.56 Å². The van der Waals surface area contributed by atoms with E-state index in [0.717, 1.165) is 16.6 Å². The van der Waals surface area contributed by atoms with Crippen LogP contribution in [0.1, 0.15) is 30.0 Å². The standard InChI is InChI=1S/C14H14N4O2S/c1-7-12(19)16-11-10-8-4-14(2,3)20-5-9(8)21-13(10)15-6-18(11)17-7/h6H,4-5H2,1-3H3. The van der Waals surface area contributed by atoms with Crippen LogP contribution >= 0.6 is 11.3 Å². The Balaban J connectivity index is 2.13. The summed E-state index contributed by atoms with van der Waals surface area (Å²) in [5.74, 6) is 0. The van der Waals surface area contributed by atoms with E-state index in [1.165, 1.54) is 10.4 Å². The second-order valence-corrected chi connectivity index (χ2v) is 7.01. The first-order valence-corrected chi connectivity index (χ1v) is 7.57. The van der Waals surface area contributed by atoms with Crippen molar-refractivity contribution in [3.8, 4) is 0 Å². The molecule has 0 fully saturated rings. The molecule has 3 aromatic rings. The zero-order chi connectivity index (χ0) is 14.8. The average Bonchev–Trinajstić information content (AvgIpc) is 2.77. The van der Waals surface area contributed by atoms with Crippen LogP contribution in [0, 0.1) is 6.92 Å². The molecule has 0 unspecified atom stereocenters. The molecule has 7 heteroatoms. The summed E-state index contributed by atoms with van der Waals surface area (Å²) in [7, 11) is 0. The summed E-state index contributed by atoms with van der Waals surface area (Å²) in [5.41, 5.74) is 1.65. The van der Waals surface area contributed by atoms with Gasteiger partial charge in [0.2, 0.25) is 0 Å². The van der Waals surface area contributed by atoms with E-state index in [1.807, 2.05) is 0 Å². The fourth-order valence-electron chi connectivity index (χ4n) is 2.70. The van der Waals surface area contributed by atoms with Crippen molar-refractivity contribution in [2.75, 3.05) is 0 Å². The highest BCUT2D eigenvalue weighted by molar-refractivity contribution is 7.19. The van der Waals surface area contributed by atoms with Gasteiger partial charge >= 0.3 is 0 Å². The van der Waals surface area contributed by atoms with E-state index in [2.05, 4.69) is 28.9 Å². The molecule has 0 bridgehead atoms. The maximum absolute atomic E-state index is 11.9. The zero-order valence-corrected chi connectivity index (χ0v) is 12.8. The van der Waals surface area contributed by atoms with Crippen molar-refractivity contribution >= 4 is 27.2 Å². The number of thiophene rings is 1. The lowest BCUT2D eigenvalue weighted by atomic mass is 9.94. The van der Waals surface area contributed by atoms with E-state index < -0.39 is 0 Å². The Morgan fingerprint density at radius 2 is 2.24 bits per heavy atom. The molecule has 6 nitrogen and oxygen atoms in total. The minimum absolute atomic E-state index is 0.216. The molecule has 4 rings (SSSR count). The van der Waals surface area contributed by atoms with Gasteiger partial charge in [0.1, 0.15) is 16.9 Å². The van der Waals surface area contributed by atoms with Gasteiger partial charge < -0.3 is 4.74 Å². The number of hydrogen-bond acceptors (Lipinski definition) is 6. The maximum Gasteiger partial charge on any atom is 0.294 e. The predicted octanol–water partition coefficient (Wildman–Crippen LogP) is 1.86. The third-order valence-corrected chi connectivity index (χ3v) is 4.88. The number of fused-ring (bicyclic) bond motifs is 5. The molecular formula is C14H14N4O2S. The van der Waals surface area contributed by atoms with Crippen molar-refractivity contribution in [3.63, 3.8) is 0 Å². The molecule has 0 saturated heterocycles. The normalized spacial score (nSPS) is 17.3. The van der Waals surface area contributed by atoms with E-state index in [1.54, 1.807) is 29.1 Å². The first-order valence-electron chi connectivity index (χ1n) is 6.75. The number of nitrogens with zero attached hydrogens (tertiary/aromatic N) is 4. The van der Waals surface area contributed by atoms with Crippen molar-refractivity contribution in [2.45, 2.75) is 39.4 Å². The highest BCUT2D eigenvalue weighted by Crippen LogP contribution is 2.39. The lowest BCUT2D eigenvalue weighted by molar-refractivity contribution is -0.0379. The highest BCUT2D eigenvalue weighted by atomic mass is 32.1. The molecule has 0 aliphatic carbocycles. The molecule has 0 atom stereocenters. The monoisotopic (exact) mass is 302 g/mol. The van der Waals surface area contributed by atoms with Gasteiger partial charge in [-0.25, -0.2) is 9.50 Å². The fraction of sp³-hybridized carbons (Fsp3) is 0.429. The van der Waals surface area contributed by atoms with Crippen LogP contribution in [0.5, 0.6) is 0 Å². The van der Waals surface area contributed by atoms with Gasteiger partial charge in [-0.15, -0.1) is 11.3 Å².